The van der Waals surface area contributed by atoms with Gasteiger partial charge >= 0.3 is 0 Å². The molecule has 1 amide bonds. The first-order valence-electron chi connectivity index (χ1n) is 9.51. The maximum atomic E-state index is 12.3. The molecule has 0 saturated heterocycles. The average molecular weight is 386 g/mol. The van der Waals surface area contributed by atoms with E-state index in [-0.39, 0.29) is 5.91 Å². The van der Waals surface area contributed by atoms with Gasteiger partial charge in [-0.05, 0) is 37.6 Å². The van der Waals surface area contributed by atoms with Gasteiger partial charge in [0.15, 0.2) is 0 Å². The Kier molecular flexibility index (Phi) is 5.47. The minimum absolute atomic E-state index is 0.120. The summed E-state index contributed by atoms with van der Waals surface area (Å²) in [6.45, 7) is 3.48. The van der Waals surface area contributed by atoms with Crippen molar-refractivity contribution in [3.63, 3.8) is 0 Å². The van der Waals surface area contributed by atoms with Crippen molar-refractivity contribution in [2.75, 3.05) is 6.54 Å². The lowest BCUT2D eigenvalue weighted by Crippen LogP contribution is -2.25. The first-order chi connectivity index (χ1) is 14.2. The number of aryl methyl sites for hydroxylation is 2. The molecule has 0 unspecified atom stereocenters. The lowest BCUT2D eigenvalue weighted by molar-refractivity contribution is 0.0952. The zero-order valence-corrected chi connectivity index (χ0v) is 16.2. The predicted octanol–water partition coefficient (Wildman–Crippen LogP) is 3.26. The van der Waals surface area contributed by atoms with Crippen molar-refractivity contribution < 1.29 is 4.79 Å². The number of aromatic nitrogens is 5. The molecular formula is C22H22N6O. The molecule has 7 nitrogen and oxygen atoms in total. The number of carbonyl (C=O) groups excluding carboxylic acids is 1. The number of imidazole rings is 1. The van der Waals surface area contributed by atoms with Crippen LogP contribution in [0, 0.1) is 6.92 Å². The molecule has 4 aromatic rings. The highest BCUT2D eigenvalue weighted by molar-refractivity contribution is 5.94. The third kappa shape index (κ3) is 4.57. The van der Waals surface area contributed by atoms with Crippen LogP contribution in [0.4, 0.5) is 0 Å². The molecule has 0 radical (unpaired) electrons. The molecule has 1 N–H and O–H groups in total. The van der Waals surface area contributed by atoms with Crippen molar-refractivity contribution in [2.24, 2.45) is 0 Å². The third-order valence-electron chi connectivity index (χ3n) is 4.64. The largest absolute Gasteiger partial charge is 0.352 e. The van der Waals surface area contributed by atoms with E-state index in [1.165, 1.54) is 5.56 Å². The molecule has 7 heteroatoms. The van der Waals surface area contributed by atoms with Crippen LogP contribution in [0.3, 0.4) is 0 Å². The molecule has 0 bridgehead atoms. The van der Waals surface area contributed by atoms with E-state index in [1.54, 1.807) is 31.0 Å². The lowest BCUT2D eigenvalue weighted by atomic mass is 10.2. The summed E-state index contributed by atoms with van der Waals surface area (Å²) in [7, 11) is 0. The normalized spacial score (nSPS) is 10.8. The quantitative estimate of drug-likeness (QED) is 0.495. The number of pyridine rings is 1. The number of benzene rings is 1. The second-order valence-electron chi connectivity index (χ2n) is 6.85. The van der Waals surface area contributed by atoms with Gasteiger partial charge in [-0.2, -0.15) is 5.10 Å². The Hall–Kier alpha value is -3.74. The molecule has 3 aromatic heterocycles. The molecule has 146 valence electrons. The van der Waals surface area contributed by atoms with Crippen molar-refractivity contribution in [1.82, 2.24) is 29.6 Å². The topological polar surface area (TPSA) is 77.6 Å². The molecule has 29 heavy (non-hydrogen) atoms. The molecule has 4 rings (SSSR count). The van der Waals surface area contributed by atoms with E-state index in [0.717, 1.165) is 29.9 Å². The Morgan fingerprint density at radius 3 is 2.69 bits per heavy atom. The Bertz CT molecular complexity index is 1070. The zero-order valence-electron chi connectivity index (χ0n) is 16.2. The van der Waals surface area contributed by atoms with Crippen molar-refractivity contribution in [2.45, 2.75) is 19.9 Å². The van der Waals surface area contributed by atoms with Crippen molar-refractivity contribution >= 4 is 5.91 Å². The summed E-state index contributed by atoms with van der Waals surface area (Å²) in [6.07, 6.45) is 11.6. The van der Waals surface area contributed by atoms with Crippen LogP contribution in [0.5, 0.6) is 0 Å². The molecule has 0 saturated carbocycles. The Morgan fingerprint density at radius 2 is 1.97 bits per heavy atom. The Morgan fingerprint density at radius 1 is 1.10 bits per heavy atom. The van der Waals surface area contributed by atoms with E-state index in [9.17, 15) is 4.79 Å². The van der Waals surface area contributed by atoms with Crippen LogP contribution in [0.2, 0.25) is 0 Å². The summed E-state index contributed by atoms with van der Waals surface area (Å²) in [5.74, 6) is -0.120. The molecule has 0 aliphatic rings. The van der Waals surface area contributed by atoms with Gasteiger partial charge in [-0.1, -0.05) is 17.7 Å². The van der Waals surface area contributed by atoms with Crippen LogP contribution < -0.4 is 5.32 Å². The van der Waals surface area contributed by atoms with Crippen molar-refractivity contribution in [3.05, 3.63) is 84.8 Å². The van der Waals surface area contributed by atoms with Crippen LogP contribution in [0.25, 0.3) is 16.9 Å². The van der Waals surface area contributed by atoms with Crippen molar-refractivity contribution in [1.29, 1.82) is 0 Å². The molecule has 1 aromatic carbocycles. The maximum absolute atomic E-state index is 12.3. The van der Waals surface area contributed by atoms with Gasteiger partial charge < -0.3 is 9.88 Å². The summed E-state index contributed by atoms with van der Waals surface area (Å²) in [6, 6.07) is 11.8. The van der Waals surface area contributed by atoms with Gasteiger partial charge in [0.25, 0.3) is 5.91 Å². The van der Waals surface area contributed by atoms with Gasteiger partial charge in [-0.15, -0.1) is 0 Å². The maximum Gasteiger partial charge on any atom is 0.252 e. The van der Waals surface area contributed by atoms with E-state index < -0.39 is 0 Å². The highest BCUT2D eigenvalue weighted by Gasteiger charge is 2.08. The number of amides is 1. The molecule has 0 atom stereocenters. The van der Waals surface area contributed by atoms with E-state index in [1.807, 2.05) is 39.8 Å². The Labute approximate surface area is 169 Å². The number of rotatable bonds is 7. The van der Waals surface area contributed by atoms with Crippen LogP contribution in [0.15, 0.2) is 73.7 Å². The summed E-state index contributed by atoms with van der Waals surface area (Å²) in [4.78, 5) is 20.7. The predicted molar refractivity (Wildman–Crippen MR) is 111 cm³/mol. The average Bonchev–Trinajstić information content (AvgIpc) is 3.44. The Balaban J connectivity index is 1.35. The fourth-order valence-corrected chi connectivity index (χ4v) is 2.98. The molecule has 0 aliphatic carbocycles. The second kappa shape index (κ2) is 8.52. The minimum atomic E-state index is -0.120. The standard InChI is InChI=1S/C22H22N6O/c1-17-3-6-20(7-4-17)28-15-19(14-26-28)21-8-5-18(13-25-21)22(29)24-9-2-11-27-12-10-23-16-27/h3-8,10,12-16H,2,9,11H2,1H3,(H,24,29). The summed E-state index contributed by atoms with van der Waals surface area (Å²) < 4.78 is 3.80. The van der Waals surface area contributed by atoms with Gasteiger partial charge in [-0.25, -0.2) is 9.67 Å². The number of hydrogen-bond acceptors (Lipinski definition) is 4. The van der Waals surface area contributed by atoms with Gasteiger partial charge in [-0.3, -0.25) is 9.78 Å². The highest BCUT2D eigenvalue weighted by Crippen LogP contribution is 2.18. The van der Waals surface area contributed by atoms with Crippen molar-refractivity contribution in [3.8, 4) is 16.9 Å². The van der Waals surface area contributed by atoms with E-state index in [0.29, 0.717) is 12.1 Å². The first kappa shape index (κ1) is 18.6. The molecule has 0 aliphatic heterocycles. The number of nitrogens with zero attached hydrogens (tertiary/aromatic N) is 5. The zero-order chi connectivity index (χ0) is 20.1. The van der Waals surface area contributed by atoms with E-state index in [2.05, 4.69) is 39.4 Å². The van der Waals surface area contributed by atoms with E-state index >= 15 is 0 Å². The smallest absolute Gasteiger partial charge is 0.252 e. The summed E-state index contributed by atoms with van der Waals surface area (Å²) in [5.41, 5.74) is 4.42. The first-order valence-corrected chi connectivity index (χ1v) is 9.51. The van der Waals surface area contributed by atoms with Crippen LogP contribution in [-0.2, 0) is 6.54 Å². The molecule has 0 fully saturated rings. The van der Waals surface area contributed by atoms with Gasteiger partial charge in [0.2, 0.25) is 0 Å². The van der Waals surface area contributed by atoms with Crippen LogP contribution in [0.1, 0.15) is 22.3 Å². The highest BCUT2D eigenvalue weighted by atomic mass is 16.1. The number of nitrogens with one attached hydrogen (secondary N) is 1. The molecular weight excluding hydrogens is 364 g/mol. The summed E-state index contributed by atoms with van der Waals surface area (Å²) in [5, 5.41) is 7.33. The fourth-order valence-electron chi connectivity index (χ4n) is 2.98. The lowest BCUT2D eigenvalue weighted by Gasteiger charge is -2.06. The summed E-state index contributed by atoms with van der Waals surface area (Å²) >= 11 is 0. The molecule has 0 spiro atoms. The fraction of sp³-hybridized carbons (Fsp3) is 0.182. The van der Waals surface area contributed by atoms with Crippen LogP contribution >= 0.6 is 0 Å². The van der Waals surface area contributed by atoms with Crippen LogP contribution in [-0.4, -0.2) is 36.8 Å². The molecule has 3 heterocycles. The SMILES string of the molecule is Cc1ccc(-n2cc(-c3ccc(C(=O)NCCCn4ccnc4)cn3)cn2)cc1. The third-order valence-corrected chi connectivity index (χ3v) is 4.64. The van der Waals surface area contributed by atoms with E-state index in [4.69, 9.17) is 0 Å². The number of carbonyl (C=O) groups is 1. The van der Waals surface area contributed by atoms with Gasteiger partial charge in [0, 0.05) is 43.4 Å². The van der Waals surface area contributed by atoms with Gasteiger partial charge in [0.1, 0.15) is 0 Å². The second-order valence-corrected chi connectivity index (χ2v) is 6.85. The van der Waals surface area contributed by atoms with Gasteiger partial charge in [0.05, 0.1) is 29.5 Å². The number of hydrogen-bond donors (Lipinski definition) is 1. The minimum Gasteiger partial charge on any atom is -0.352 e. The monoisotopic (exact) mass is 386 g/mol.